The number of carbonyl (C=O) groups is 1. The van der Waals surface area contributed by atoms with Crippen molar-refractivity contribution < 1.29 is 4.79 Å². The number of rotatable bonds is 2. The van der Waals surface area contributed by atoms with Crippen LogP contribution in [-0.4, -0.2) is 15.8 Å². The van der Waals surface area contributed by atoms with Crippen molar-refractivity contribution in [3.63, 3.8) is 0 Å². The zero-order valence-corrected chi connectivity index (χ0v) is 8.43. The van der Waals surface area contributed by atoms with Crippen molar-refractivity contribution in [3.05, 3.63) is 29.0 Å². The molecule has 0 bridgehead atoms. The lowest BCUT2D eigenvalue weighted by molar-refractivity contribution is -0.116. The molecule has 0 amide bonds. The lowest BCUT2D eigenvalue weighted by Gasteiger charge is -1.88. The van der Waals surface area contributed by atoms with Crippen LogP contribution in [0.4, 0.5) is 0 Å². The van der Waals surface area contributed by atoms with E-state index in [1.54, 1.807) is 6.07 Å². The van der Waals surface area contributed by atoms with Crippen molar-refractivity contribution in [2.45, 2.75) is 13.3 Å². The van der Waals surface area contributed by atoms with E-state index in [4.69, 9.17) is 11.6 Å². The third-order valence-electron chi connectivity index (χ3n) is 1.93. The maximum Gasteiger partial charge on any atom is 0.137 e. The number of aromatic amines is 1. The Balaban J connectivity index is 2.51. The van der Waals surface area contributed by atoms with Crippen LogP contribution in [0.15, 0.2) is 18.2 Å². The maximum absolute atomic E-state index is 10.9. The van der Waals surface area contributed by atoms with Gasteiger partial charge in [0, 0.05) is 0 Å². The van der Waals surface area contributed by atoms with Crippen LogP contribution < -0.4 is 0 Å². The van der Waals surface area contributed by atoms with Crippen molar-refractivity contribution in [3.8, 4) is 0 Å². The molecule has 1 aromatic heterocycles. The summed E-state index contributed by atoms with van der Waals surface area (Å²) in [5.41, 5.74) is 1.60. The molecule has 0 saturated heterocycles. The Hall–Kier alpha value is -1.35. The van der Waals surface area contributed by atoms with Gasteiger partial charge >= 0.3 is 0 Å². The standard InChI is InChI=1S/C10H9ClN2O/c1-6(14)5-9-12-8-4-2-3-7(11)10(8)13-9/h2-4H,5H2,1H3,(H,12,13). The summed E-state index contributed by atoms with van der Waals surface area (Å²) in [7, 11) is 0. The van der Waals surface area contributed by atoms with Crippen molar-refractivity contribution >= 4 is 28.4 Å². The fourth-order valence-electron chi connectivity index (χ4n) is 1.37. The number of hydrogen-bond donors (Lipinski definition) is 1. The summed E-state index contributed by atoms with van der Waals surface area (Å²) < 4.78 is 0. The molecule has 1 N–H and O–H groups in total. The number of hydrogen-bond acceptors (Lipinski definition) is 2. The number of H-pyrrole nitrogens is 1. The van der Waals surface area contributed by atoms with Crippen LogP contribution in [0.5, 0.6) is 0 Å². The van der Waals surface area contributed by atoms with Gasteiger partial charge in [-0.15, -0.1) is 0 Å². The van der Waals surface area contributed by atoms with E-state index >= 15 is 0 Å². The molecule has 0 unspecified atom stereocenters. The van der Waals surface area contributed by atoms with Gasteiger partial charge in [-0.2, -0.15) is 0 Å². The van der Waals surface area contributed by atoms with E-state index in [9.17, 15) is 4.79 Å². The predicted octanol–water partition coefficient (Wildman–Crippen LogP) is 2.35. The minimum atomic E-state index is 0.0835. The summed E-state index contributed by atoms with van der Waals surface area (Å²) in [5.74, 6) is 0.751. The summed E-state index contributed by atoms with van der Waals surface area (Å²) >= 11 is 5.94. The second-order valence-corrected chi connectivity index (χ2v) is 3.61. The molecule has 0 saturated carbocycles. The van der Waals surface area contributed by atoms with E-state index in [1.165, 1.54) is 6.92 Å². The molecule has 0 radical (unpaired) electrons. The first-order valence-electron chi connectivity index (χ1n) is 4.29. The van der Waals surface area contributed by atoms with E-state index in [0.29, 0.717) is 17.3 Å². The van der Waals surface area contributed by atoms with Gasteiger partial charge in [0.1, 0.15) is 17.1 Å². The maximum atomic E-state index is 10.9. The fraction of sp³-hybridized carbons (Fsp3) is 0.200. The van der Waals surface area contributed by atoms with Gasteiger partial charge in [-0.1, -0.05) is 17.7 Å². The second kappa shape index (κ2) is 3.42. The number of imidazole rings is 1. The van der Waals surface area contributed by atoms with Gasteiger partial charge in [-0.3, -0.25) is 4.79 Å². The molecule has 0 fully saturated rings. The van der Waals surface area contributed by atoms with Crippen LogP contribution in [-0.2, 0) is 11.2 Å². The van der Waals surface area contributed by atoms with Crippen LogP contribution in [0.2, 0.25) is 5.02 Å². The van der Waals surface area contributed by atoms with Crippen LogP contribution >= 0.6 is 11.6 Å². The number of halogens is 1. The van der Waals surface area contributed by atoms with E-state index in [0.717, 1.165) is 11.0 Å². The summed E-state index contributed by atoms with van der Waals surface area (Å²) in [6.45, 7) is 1.54. The van der Waals surface area contributed by atoms with E-state index in [-0.39, 0.29) is 5.78 Å². The van der Waals surface area contributed by atoms with Crippen LogP contribution in [0.1, 0.15) is 12.7 Å². The Kier molecular flexibility index (Phi) is 2.25. The molecule has 72 valence electrons. The van der Waals surface area contributed by atoms with Crippen molar-refractivity contribution in [1.82, 2.24) is 9.97 Å². The van der Waals surface area contributed by atoms with Gasteiger partial charge < -0.3 is 4.98 Å². The van der Waals surface area contributed by atoms with Crippen LogP contribution in [0, 0.1) is 0 Å². The minimum absolute atomic E-state index is 0.0835. The van der Waals surface area contributed by atoms with E-state index in [2.05, 4.69) is 9.97 Å². The number of para-hydroxylation sites is 1. The van der Waals surface area contributed by atoms with E-state index in [1.807, 2.05) is 12.1 Å². The highest BCUT2D eigenvalue weighted by Crippen LogP contribution is 2.20. The summed E-state index contributed by atoms with van der Waals surface area (Å²) in [5, 5.41) is 0.605. The molecule has 14 heavy (non-hydrogen) atoms. The average molecular weight is 209 g/mol. The molecule has 3 nitrogen and oxygen atoms in total. The third-order valence-corrected chi connectivity index (χ3v) is 2.23. The zero-order valence-electron chi connectivity index (χ0n) is 7.67. The highest BCUT2D eigenvalue weighted by Gasteiger charge is 2.06. The van der Waals surface area contributed by atoms with Gasteiger partial charge in [0.15, 0.2) is 0 Å². The number of Topliss-reactive ketones (excluding diaryl/α,β-unsaturated/α-hetero) is 1. The molecule has 2 rings (SSSR count). The monoisotopic (exact) mass is 208 g/mol. The quantitative estimate of drug-likeness (QED) is 0.824. The molecular weight excluding hydrogens is 200 g/mol. The molecule has 0 spiro atoms. The van der Waals surface area contributed by atoms with Gasteiger partial charge in [0.2, 0.25) is 0 Å². The van der Waals surface area contributed by atoms with Crippen LogP contribution in [0.3, 0.4) is 0 Å². The van der Waals surface area contributed by atoms with Gasteiger partial charge in [0.05, 0.1) is 17.0 Å². The molecular formula is C10H9ClN2O. The first-order chi connectivity index (χ1) is 6.66. The Bertz CT molecular complexity index is 490. The van der Waals surface area contributed by atoms with Gasteiger partial charge in [-0.05, 0) is 19.1 Å². The number of nitrogens with one attached hydrogen (secondary N) is 1. The number of nitrogens with zero attached hydrogens (tertiary/aromatic N) is 1. The number of fused-ring (bicyclic) bond motifs is 1. The second-order valence-electron chi connectivity index (χ2n) is 3.20. The normalized spacial score (nSPS) is 10.7. The summed E-state index contributed by atoms with van der Waals surface area (Å²) in [6, 6.07) is 5.51. The highest BCUT2D eigenvalue weighted by atomic mass is 35.5. The Morgan fingerprint density at radius 2 is 2.36 bits per heavy atom. The molecule has 2 aromatic rings. The van der Waals surface area contributed by atoms with Crippen LogP contribution in [0.25, 0.3) is 11.0 Å². The smallest absolute Gasteiger partial charge is 0.137 e. The van der Waals surface area contributed by atoms with Crippen molar-refractivity contribution in [2.75, 3.05) is 0 Å². The first-order valence-corrected chi connectivity index (χ1v) is 4.67. The summed E-state index contributed by atoms with van der Waals surface area (Å²) in [4.78, 5) is 18.2. The molecule has 0 aliphatic heterocycles. The fourth-order valence-corrected chi connectivity index (χ4v) is 1.58. The minimum Gasteiger partial charge on any atom is -0.342 e. The molecule has 0 aliphatic carbocycles. The zero-order chi connectivity index (χ0) is 10.1. The number of benzene rings is 1. The van der Waals surface area contributed by atoms with Gasteiger partial charge in [0.25, 0.3) is 0 Å². The predicted molar refractivity (Wildman–Crippen MR) is 55.5 cm³/mol. The molecule has 0 aliphatic rings. The average Bonchev–Trinajstić information content (AvgIpc) is 2.47. The molecule has 1 aromatic carbocycles. The Morgan fingerprint density at radius 3 is 3.00 bits per heavy atom. The largest absolute Gasteiger partial charge is 0.342 e. The number of aromatic nitrogens is 2. The molecule has 0 atom stereocenters. The van der Waals surface area contributed by atoms with E-state index < -0.39 is 0 Å². The van der Waals surface area contributed by atoms with Crippen molar-refractivity contribution in [1.29, 1.82) is 0 Å². The number of carbonyl (C=O) groups excluding carboxylic acids is 1. The molecule has 4 heteroatoms. The SMILES string of the molecule is CC(=O)Cc1nc2c(Cl)cccc2[nH]1. The van der Waals surface area contributed by atoms with Gasteiger partial charge in [-0.25, -0.2) is 4.98 Å². The summed E-state index contributed by atoms with van der Waals surface area (Å²) in [6.07, 6.45) is 0.324. The highest BCUT2D eigenvalue weighted by molar-refractivity contribution is 6.34. The lowest BCUT2D eigenvalue weighted by Crippen LogP contribution is -1.97. The van der Waals surface area contributed by atoms with Crippen molar-refractivity contribution in [2.24, 2.45) is 0 Å². The lowest BCUT2D eigenvalue weighted by atomic mass is 10.3. The first kappa shape index (κ1) is 9.21. The molecule has 1 heterocycles. The Morgan fingerprint density at radius 1 is 1.57 bits per heavy atom. The Labute approximate surface area is 86.1 Å². The topological polar surface area (TPSA) is 45.8 Å². The number of ketones is 1. The third kappa shape index (κ3) is 1.63.